The average Bonchev–Trinajstić information content (AvgIpc) is 2.88. The number of thiophene rings is 1. The van der Waals surface area contributed by atoms with Crippen LogP contribution in [0.5, 0.6) is 0 Å². The van der Waals surface area contributed by atoms with E-state index in [-0.39, 0.29) is 21.7 Å². The number of hydrogen-bond donors (Lipinski definition) is 2. The normalized spacial score (nSPS) is 17.3. The number of amides is 1. The van der Waals surface area contributed by atoms with Crippen LogP contribution in [0.25, 0.3) is 0 Å². The quantitative estimate of drug-likeness (QED) is 0.889. The first-order valence-electron chi connectivity index (χ1n) is 6.36. The van der Waals surface area contributed by atoms with Crippen molar-refractivity contribution in [3.63, 3.8) is 0 Å². The second-order valence-electron chi connectivity index (χ2n) is 4.65. The molecule has 7 heteroatoms. The van der Waals surface area contributed by atoms with Crippen molar-refractivity contribution in [3.8, 4) is 0 Å². The van der Waals surface area contributed by atoms with Crippen molar-refractivity contribution in [3.05, 3.63) is 16.3 Å². The van der Waals surface area contributed by atoms with Gasteiger partial charge < -0.3 is 5.32 Å². The van der Waals surface area contributed by atoms with E-state index >= 15 is 0 Å². The molecule has 2 N–H and O–H groups in total. The summed E-state index contributed by atoms with van der Waals surface area (Å²) >= 11 is 1.14. The fourth-order valence-electron chi connectivity index (χ4n) is 2.29. The molecule has 0 aromatic carbocycles. The van der Waals surface area contributed by atoms with Crippen molar-refractivity contribution in [2.45, 2.75) is 43.0 Å². The third kappa shape index (κ3) is 3.34. The van der Waals surface area contributed by atoms with Crippen LogP contribution in [0, 0.1) is 0 Å². The van der Waals surface area contributed by atoms with Crippen molar-refractivity contribution in [2.75, 3.05) is 7.05 Å². The van der Waals surface area contributed by atoms with Crippen LogP contribution in [0.3, 0.4) is 0 Å². The Balaban J connectivity index is 2.19. The summed E-state index contributed by atoms with van der Waals surface area (Å²) in [6.45, 7) is 0. The van der Waals surface area contributed by atoms with Gasteiger partial charge in [0.15, 0.2) is 0 Å². The van der Waals surface area contributed by atoms with Crippen LogP contribution in [0.2, 0.25) is 0 Å². The van der Waals surface area contributed by atoms with E-state index in [2.05, 4.69) is 10.0 Å². The Hall–Kier alpha value is -0.920. The minimum Gasteiger partial charge on any atom is -0.354 e. The highest BCUT2D eigenvalue weighted by molar-refractivity contribution is 7.89. The van der Waals surface area contributed by atoms with Crippen molar-refractivity contribution >= 4 is 27.3 Å². The van der Waals surface area contributed by atoms with Crippen molar-refractivity contribution in [1.82, 2.24) is 10.0 Å². The van der Waals surface area contributed by atoms with Gasteiger partial charge in [-0.05, 0) is 24.3 Å². The summed E-state index contributed by atoms with van der Waals surface area (Å²) in [6.07, 6.45) is 5.02. The molecule has 1 amide bonds. The van der Waals surface area contributed by atoms with Crippen LogP contribution in [0.1, 0.15) is 41.8 Å². The highest BCUT2D eigenvalue weighted by Crippen LogP contribution is 2.24. The van der Waals surface area contributed by atoms with Gasteiger partial charge in [0.1, 0.15) is 9.77 Å². The van der Waals surface area contributed by atoms with Crippen molar-refractivity contribution in [2.24, 2.45) is 0 Å². The predicted octanol–water partition coefficient (Wildman–Crippen LogP) is 1.72. The fraction of sp³-hybridized carbons (Fsp3) is 0.583. The molecule has 1 aliphatic rings. The summed E-state index contributed by atoms with van der Waals surface area (Å²) in [6, 6.07) is 1.48. The molecule has 0 radical (unpaired) electrons. The molecular formula is C12H18N2O3S2. The molecule has 1 heterocycles. The van der Waals surface area contributed by atoms with E-state index in [0.29, 0.717) is 0 Å². The van der Waals surface area contributed by atoms with E-state index in [1.807, 2.05) is 0 Å². The molecule has 0 atom stereocenters. The minimum atomic E-state index is -3.60. The summed E-state index contributed by atoms with van der Waals surface area (Å²) in [5.74, 6) is -0.362. The Morgan fingerprint density at radius 2 is 2.00 bits per heavy atom. The highest BCUT2D eigenvalue weighted by atomic mass is 32.2. The molecule has 1 aromatic rings. The van der Waals surface area contributed by atoms with E-state index in [9.17, 15) is 13.2 Å². The summed E-state index contributed by atoms with van der Waals surface area (Å²) in [5, 5.41) is 4.09. The lowest BCUT2D eigenvalue weighted by Gasteiger charge is -2.22. The fourth-order valence-corrected chi connectivity index (χ4v) is 4.97. The zero-order valence-electron chi connectivity index (χ0n) is 10.8. The molecule has 0 spiro atoms. The van der Waals surface area contributed by atoms with Gasteiger partial charge in [0.05, 0.1) is 0 Å². The second kappa shape index (κ2) is 6.02. The lowest BCUT2D eigenvalue weighted by molar-refractivity contribution is 0.0964. The highest BCUT2D eigenvalue weighted by Gasteiger charge is 2.26. The van der Waals surface area contributed by atoms with Crippen LogP contribution in [-0.2, 0) is 10.0 Å². The first-order valence-corrected chi connectivity index (χ1v) is 8.73. The molecule has 0 saturated heterocycles. The van der Waals surface area contributed by atoms with Gasteiger partial charge in [-0.3, -0.25) is 4.79 Å². The Labute approximate surface area is 117 Å². The topological polar surface area (TPSA) is 75.3 Å². The van der Waals surface area contributed by atoms with E-state index < -0.39 is 10.0 Å². The molecule has 2 rings (SSSR count). The van der Waals surface area contributed by atoms with E-state index in [4.69, 9.17) is 0 Å². The Morgan fingerprint density at radius 3 is 2.63 bits per heavy atom. The average molecular weight is 302 g/mol. The number of rotatable bonds is 4. The van der Waals surface area contributed by atoms with Gasteiger partial charge in [-0.25, -0.2) is 13.1 Å². The largest absolute Gasteiger partial charge is 0.354 e. The third-order valence-corrected chi connectivity index (χ3v) is 5.88. The van der Waals surface area contributed by atoms with Gasteiger partial charge in [0, 0.05) is 13.1 Å². The molecule has 0 bridgehead atoms. The van der Waals surface area contributed by atoms with Crippen LogP contribution in [0.4, 0.5) is 0 Å². The minimum absolute atomic E-state index is 0.00353. The maximum atomic E-state index is 12.3. The molecule has 106 valence electrons. The smallest absolute Gasteiger partial charge is 0.262 e. The second-order valence-corrected chi connectivity index (χ2v) is 7.25. The Bertz CT molecular complexity index is 545. The number of carbonyl (C=O) groups excluding carboxylic acids is 1. The van der Waals surface area contributed by atoms with E-state index in [0.717, 1.165) is 37.0 Å². The lowest BCUT2D eigenvalue weighted by Crippen LogP contribution is -2.36. The van der Waals surface area contributed by atoms with Crippen molar-refractivity contribution in [1.29, 1.82) is 0 Å². The standard InChI is InChI=1S/C12H18N2O3S2/c1-13-12(15)11-10(7-8-18-11)19(16,17)14-9-5-3-2-4-6-9/h7-9,14H,2-6H2,1H3,(H,13,15). The summed E-state index contributed by atoms with van der Waals surface area (Å²) < 4.78 is 27.4. The van der Waals surface area contributed by atoms with Gasteiger partial charge in [-0.1, -0.05) is 19.3 Å². The summed E-state index contributed by atoms with van der Waals surface area (Å²) in [5.41, 5.74) is 0. The van der Waals surface area contributed by atoms with Gasteiger partial charge in [0.2, 0.25) is 10.0 Å². The third-order valence-electron chi connectivity index (χ3n) is 3.28. The predicted molar refractivity (Wildman–Crippen MR) is 74.9 cm³/mol. The molecule has 19 heavy (non-hydrogen) atoms. The van der Waals surface area contributed by atoms with Crippen LogP contribution < -0.4 is 10.0 Å². The maximum Gasteiger partial charge on any atom is 0.262 e. The van der Waals surface area contributed by atoms with Gasteiger partial charge in [0.25, 0.3) is 5.91 Å². The number of nitrogens with one attached hydrogen (secondary N) is 2. The monoisotopic (exact) mass is 302 g/mol. The molecule has 0 unspecified atom stereocenters. The molecule has 0 aliphatic heterocycles. The molecule has 5 nitrogen and oxygen atoms in total. The van der Waals surface area contributed by atoms with E-state index in [1.165, 1.54) is 19.5 Å². The zero-order valence-corrected chi connectivity index (χ0v) is 12.4. The number of sulfonamides is 1. The van der Waals surface area contributed by atoms with E-state index in [1.54, 1.807) is 5.38 Å². The van der Waals surface area contributed by atoms with Crippen molar-refractivity contribution < 1.29 is 13.2 Å². The first-order chi connectivity index (χ1) is 9.04. The molecule has 1 fully saturated rings. The molecule has 1 aliphatic carbocycles. The van der Waals surface area contributed by atoms with Gasteiger partial charge >= 0.3 is 0 Å². The Kier molecular flexibility index (Phi) is 4.59. The first kappa shape index (κ1) is 14.5. The van der Waals surface area contributed by atoms with Crippen LogP contribution in [0.15, 0.2) is 16.3 Å². The number of hydrogen-bond acceptors (Lipinski definition) is 4. The SMILES string of the molecule is CNC(=O)c1sccc1S(=O)(=O)NC1CCCCC1. The zero-order chi connectivity index (χ0) is 13.9. The number of carbonyl (C=O) groups is 1. The van der Waals surface area contributed by atoms with Crippen LogP contribution in [-0.4, -0.2) is 27.4 Å². The van der Waals surface area contributed by atoms with Gasteiger partial charge in [-0.2, -0.15) is 0 Å². The molecule has 1 aromatic heterocycles. The molecule has 1 saturated carbocycles. The Morgan fingerprint density at radius 1 is 1.32 bits per heavy atom. The lowest BCUT2D eigenvalue weighted by atomic mass is 9.96. The van der Waals surface area contributed by atoms with Gasteiger partial charge in [-0.15, -0.1) is 11.3 Å². The molecular weight excluding hydrogens is 284 g/mol. The van der Waals surface area contributed by atoms with Crippen LogP contribution >= 0.6 is 11.3 Å². The maximum absolute atomic E-state index is 12.3. The summed E-state index contributed by atoms with van der Waals surface area (Å²) in [4.78, 5) is 12.0. The summed E-state index contributed by atoms with van der Waals surface area (Å²) in [7, 11) is -2.11.